The summed E-state index contributed by atoms with van der Waals surface area (Å²) in [6.07, 6.45) is 14.2. The van der Waals surface area contributed by atoms with Crippen LogP contribution >= 0.6 is 23.2 Å². The van der Waals surface area contributed by atoms with Crippen LogP contribution in [0.1, 0.15) is 64.2 Å². The van der Waals surface area contributed by atoms with Crippen molar-refractivity contribution in [1.82, 2.24) is 59.9 Å². The first-order valence-electron chi connectivity index (χ1n) is 30.5. The fraction of sp³-hybridized carbons (Fsp3) is 0.469. The van der Waals surface area contributed by atoms with Crippen molar-refractivity contribution in [3.63, 3.8) is 0 Å². The van der Waals surface area contributed by atoms with Crippen LogP contribution in [0.4, 0.5) is 20.4 Å². The molecule has 0 spiro atoms. The molecule has 4 aromatic carbocycles. The number of hydrogen-bond acceptors (Lipinski definition) is 16. The minimum atomic E-state index is -0.384. The van der Waals surface area contributed by atoms with Crippen LogP contribution in [0.5, 0.6) is 23.5 Å². The molecule has 8 atom stereocenters. The highest BCUT2D eigenvalue weighted by Crippen LogP contribution is 2.52. The molecule has 86 heavy (non-hydrogen) atoms. The zero-order valence-corrected chi connectivity index (χ0v) is 49.7. The van der Waals surface area contributed by atoms with Gasteiger partial charge in [-0.2, -0.15) is 30.1 Å². The molecule has 14 heterocycles. The summed E-state index contributed by atoms with van der Waals surface area (Å²) in [5.74, 6) is 1.77. The first-order chi connectivity index (χ1) is 41.8. The van der Waals surface area contributed by atoms with E-state index in [1.165, 1.54) is 23.3 Å². The van der Waals surface area contributed by atoms with E-state index in [2.05, 4.69) is 53.6 Å². The van der Waals surface area contributed by atoms with E-state index in [0.29, 0.717) is 116 Å². The van der Waals surface area contributed by atoms with E-state index in [4.69, 9.17) is 62.1 Å². The van der Waals surface area contributed by atoms with Gasteiger partial charge in [-0.15, -0.1) is 0 Å². The predicted molar refractivity (Wildman–Crippen MR) is 327 cm³/mol. The summed E-state index contributed by atoms with van der Waals surface area (Å²) in [5, 5.41) is 20.1. The van der Waals surface area contributed by atoms with Crippen molar-refractivity contribution in [2.24, 2.45) is 14.1 Å². The molecule has 0 amide bonds. The van der Waals surface area contributed by atoms with Gasteiger partial charge in [-0.3, -0.25) is 19.2 Å². The molecular formula is C64H66Cl2F2N14O4. The van der Waals surface area contributed by atoms with Gasteiger partial charge in [0.05, 0.1) is 78.4 Å². The second-order valence-electron chi connectivity index (χ2n) is 25.9. The first kappa shape index (κ1) is 53.3. The van der Waals surface area contributed by atoms with Crippen LogP contribution in [-0.4, -0.2) is 162 Å². The molecule has 0 saturated carbocycles. The number of rotatable bonds is 8. The average molecular weight is 1200 g/mol. The summed E-state index contributed by atoms with van der Waals surface area (Å²) in [5.41, 5.74) is 6.73. The van der Waals surface area contributed by atoms with Crippen LogP contribution in [0.25, 0.3) is 65.9 Å². The number of anilines is 2. The highest BCUT2D eigenvalue weighted by Gasteiger charge is 2.50. The predicted octanol–water partition coefficient (Wildman–Crippen LogP) is 9.70. The van der Waals surface area contributed by atoms with Gasteiger partial charge < -0.3 is 39.4 Å². The molecule has 10 aliphatic heterocycles. The van der Waals surface area contributed by atoms with E-state index in [9.17, 15) is 0 Å². The Hall–Kier alpha value is -6.94. The number of piperazine rings is 2. The lowest BCUT2D eigenvalue weighted by atomic mass is 9.94. The van der Waals surface area contributed by atoms with Crippen LogP contribution in [0.2, 0.25) is 10.0 Å². The number of hydrogen-bond donors (Lipinski definition) is 2. The van der Waals surface area contributed by atoms with Crippen molar-refractivity contribution in [2.75, 3.05) is 75.5 Å². The maximum absolute atomic E-state index is 15.7. The minimum Gasteiger partial charge on any atom is -0.489 e. The third-order valence-corrected chi connectivity index (χ3v) is 21.5. The number of ether oxygens (including phenoxy) is 4. The second-order valence-corrected chi connectivity index (χ2v) is 26.7. The Morgan fingerprint density at radius 2 is 1.09 bits per heavy atom. The third-order valence-electron chi connectivity index (χ3n) is 20.8. The lowest BCUT2D eigenvalue weighted by Gasteiger charge is -2.40. The summed E-state index contributed by atoms with van der Waals surface area (Å²) in [6, 6.07) is 12.3. The number of nitrogens with one attached hydrogen (secondary N) is 2. The molecule has 4 aromatic heterocycles. The van der Waals surface area contributed by atoms with Crippen LogP contribution in [0, 0.1) is 11.6 Å². The van der Waals surface area contributed by atoms with E-state index in [0.717, 1.165) is 137 Å². The molecule has 0 unspecified atom stereocenters. The topological polar surface area (TPSA) is 161 Å². The Balaban J connectivity index is 0.000000134. The summed E-state index contributed by atoms with van der Waals surface area (Å²) in [4.78, 5) is 29.8. The minimum absolute atomic E-state index is 0.0576. The molecule has 22 heteroatoms. The molecule has 444 valence electrons. The lowest BCUT2D eigenvalue weighted by Crippen LogP contribution is -2.60. The monoisotopic (exact) mass is 1200 g/mol. The molecule has 10 aliphatic rings. The van der Waals surface area contributed by atoms with Crippen molar-refractivity contribution >= 4 is 78.4 Å². The van der Waals surface area contributed by atoms with E-state index in [1.54, 1.807) is 48.0 Å². The van der Waals surface area contributed by atoms with Gasteiger partial charge in [0.25, 0.3) is 0 Å². The van der Waals surface area contributed by atoms with Gasteiger partial charge in [-0.25, -0.2) is 8.78 Å². The Labute approximate surface area is 505 Å². The second kappa shape index (κ2) is 19.8. The molecule has 8 fully saturated rings. The molecule has 18 nitrogen and oxygen atoms in total. The largest absolute Gasteiger partial charge is 0.489 e. The summed E-state index contributed by atoms with van der Waals surface area (Å²) in [6.45, 7) is 16.0. The quantitative estimate of drug-likeness (QED) is 0.138. The maximum Gasteiger partial charge on any atom is 0.319 e. The van der Waals surface area contributed by atoms with Gasteiger partial charge in [-0.1, -0.05) is 47.5 Å². The summed E-state index contributed by atoms with van der Waals surface area (Å²) >= 11 is 14.3. The first-order valence-corrected chi connectivity index (χ1v) is 31.2. The number of aromatic nitrogens is 8. The standard InChI is InChI=1S/2C32H33ClFN7O2/c2*1-17-11-32(8-3-9-40(32)13-17)16-43-31-37-23-10-20(25-21(34)6-4-18-12-35-39(2)28(18)25)27(33)29-26(23)30(38-31)41-14-19-5-7-22(36-19)24(41)15-42-29/h2*4,6,10,12,19,22,24,36H,1,3,5,7-9,11,13-16H2,2H3/t2*19-,22+,24-,32+/m11/s1. The Kier molecular flexibility index (Phi) is 12.3. The Morgan fingerprint density at radius 3 is 1.55 bits per heavy atom. The van der Waals surface area contributed by atoms with Gasteiger partial charge >= 0.3 is 12.0 Å². The van der Waals surface area contributed by atoms with Crippen molar-refractivity contribution in [1.29, 1.82) is 0 Å². The van der Waals surface area contributed by atoms with E-state index >= 15 is 8.78 Å². The van der Waals surface area contributed by atoms with Crippen molar-refractivity contribution in [3.8, 4) is 45.8 Å². The number of halogens is 4. The molecule has 18 rings (SSSR count). The van der Waals surface area contributed by atoms with Crippen LogP contribution in [-0.2, 0) is 14.1 Å². The number of nitrogens with zero attached hydrogens (tertiary/aromatic N) is 12. The van der Waals surface area contributed by atoms with Crippen LogP contribution in [0.15, 0.2) is 73.1 Å². The zero-order valence-electron chi connectivity index (χ0n) is 48.2. The summed E-state index contributed by atoms with van der Waals surface area (Å²) < 4.78 is 60.9. The van der Waals surface area contributed by atoms with Gasteiger partial charge in [-0.05, 0) is 114 Å². The molecule has 0 radical (unpaired) electrons. The molecule has 8 saturated heterocycles. The molecule has 2 N–H and O–H groups in total. The summed E-state index contributed by atoms with van der Waals surface area (Å²) in [7, 11) is 3.61. The normalized spacial score (nSPS) is 27.9. The Morgan fingerprint density at radius 1 is 0.640 bits per heavy atom. The fourth-order valence-electron chi connectivity index (χ4n) is 16.9. The van der Waals surface area contributed by atoms with Crippen molar-refractivity contribution in [3.05, 3.63) is 94.8 Å². The smallest absolute Gasteiger partial charge is 0.319 e. The van der Waals surface area contributed by atoms with Gasteiger partial charge in [0.1, 0.15) is 49.7 Å². The van der Waals surface area contributed by atoms with Gasteiger partial charge in [0.15, 0.2) is 11.5 Å². The number of aryl methyl sites for hydroxylation is 2. The third kappa shape index (κ3) is 8.21. The molecule has 8 aromatic rings. The lowest BCUT2D eigenvalue weighted by molar-refractivity contribution is 0.108. The van der Waals surface area contributed by atoms with Crippen molar-refractivity contribution < 1.29 is 27.7 Å². The van der Waals surface area contributed by atoms with E-state index in [1.807, 2.05) is 12.1 Å². The molecule has 0 aliphatic carbocycles. The molecule has 4 bridgehead atoms. The highest BCUT2D eigenvalue weighted by molar-refractivity contribution is 6.37. The van der Waals surface area contributed by atoms with Gasteiger partial charge in [0.2, 0.25) is 0 Å². The van der Waals surface area contributed by atoms with E-state index < -0.39 is 0 Å². The van der Waals surface area contributed by atoms with E-state index in [-0.39, 0.29) is 46.9 Å². The highest BCUT2D eigenvalue weighted by atomic mass is 35.5. The average Bonchev–Trinajstić information content (AvgIpc) is 1.52. The fourth-order valence-corrected chi connectivity index (χ4v) is 17.5. The number of benzene rings is 4. The number of fused-ring (bicyclic) bond motifs is 14. The van der Waals surface area contributed by atoms with Crippen molar-refractivity contribution in [2.45, 2.75) is 112 Å². The SMILES string of the molecule is C=C1CN2CCC[C@@]2(COc2nc3c4c(c(Cl)c(-c5c(F)ccc6cnn(C)c56)cc4n2)OC[C@@H]2[C@@H]4CC[C@H](CN32)N4)C1.C=C1CN2CCC[C@@]2(COc2nc3c4c(c(Cl)c(-c5c(F)ccc6cnn(C)c56)cc4n2)OC[C@@H]2[C@@H]4CC[C@H](CN32)N4)C1. The van der Waals surface area contributed by atoms with Crippen LogP contribution in [0.3, 0.4) is 0 Å². The maximum atomic E-state index is 15.7. The van der Waals surface area contributed by atoms with Crippen LogP contribution < -0.4 is 39.4 Å². The Bertz CT molecular complexity index is 3950. The zero-order chi connectivity index (χ0) is 58.1. The molecular weight excluding hydrogens is 1140 g/mol. The van der Waals surface area contributed by atoms with Gasteiger partial charge in [0, 0.05) is 97.5 Å².